The Morgan fingerprint density at radius 3 is 2.29 bits per heavy atom. The molecule has 1 atom stereocenters. The molecule has 1 aromatic carbocycles. The van der Waals surface area contributed by atoms with Crippen LogP contribution in [0.25, 0.3) is 0 Å². The second kappa shape index (κ2) is 7.57. The number of benzene rings is 1. The lowest BCUT2D eigenvalue weighted by Crippen LogP contribution is -2.30. The Hall–Kier alpha value is -0.730. The maximum atomic E-state index is 6.05. The standard InChI is InChI=1S/C14H22ClNO/c1-3-11(4-2)9-13(16)10-17-14-7-5-12(15)6-8-14/h5-8,11,13H,3-4,9-10,16H2,1-2H3. The average Bonchev–Trinajstić information content (AvgIpc) is 2.35. The highest BCUT2D eigenvalue weighted by atomic mass is 35.5. The molecule has 0 fully saturated rings. The lowest BCUT2D eigenvalue weighted by molar-refractivity contribution is 0.261. The van der Waals surface area contributed by atoms with E-state index >= 15 is 0 Å². The SMILES string of the molecule is CCC(CC)CC(N)COc1ccc(Cl)cc1. The Bertz CT molecular complexity index is 309. The molecular weight excluding hydrogens is 234 g/mol. The molecule has 1 unspecified atom stereocenters. The Balaban J connectivity index is 2.32. The topological polar surface area (TPSA) is 35.2 Å². The Kier molecular flexibility index (Phi) is 6.38. The number of ether oxygens (including phenoxy) is 1. The van der Waals surface area contributed by atoms with Crippen LogP contribution in [-0.4, -0.2) is 12.6 Å². The molecule has 0 saturated heterocycles. The van der Waals surface area contributed by atoms with Crippen LogP contribution >= 0.6 is 11.6 Å². The van der Waals surface area contributed by atoms with E-state index in [-0.39, 0.29) is 6.04 Å². The molecule has 0 aliphatic heterocycles. The highest BCUT2D eigenvalue weighted by Crippen LogP contribution is 2.17. The van der Waals surface area contributed by atoms with Gasteiger partial charge in [0, 0.05) is 11.1 Å². The predicted molar refractivity (Wildman–Crippen MR) is 73.6 cm³/mol. The molecule has 0 spiro atoms. The van der Waals surface area contributed by atoms with E-state index in [1.165, 1.54) is 12.8 Å². The van der Waals surface area contributed by atoms with Crippen molar-refractivity contribution < 1.29 is 4.74 Å². The van der Waals surface area contributed by atoms with Crippen molar-refractivity contribution in [1.29, 1.82) is 0 Å². The summed E-state index contributed by atoms with van der Waals surface area (Å²) in [4.78, 5) is 0. The predicted octanol–water partition coefficient (Wildman–Crippen LogP) is 3.87. The minimum Gasteiger partial charge on any atom is -0.492 e. The minimum absolute atomic E-state index is 0.107. The number of halogens is 1. The van der Waals surface area contributed by atoms with Gasteiger partial charge in [-0.25, -0.2) is 0 Å². The molecule has 17 heavy (non-hydrogen) atoms. The van der Waals surface area contributed by atoms with Crippen LogP contribution in [0.15, 0.2) is 24.3 Å². The summed E-state index contributed by atoms with van der Waals surface area (Å²) in [6, 6.07) is 7.49. The van der Waals surface area contributed by atoms with Gasteiger partial charge >= 0.3 is 0 Å². The van der Waals surface area contributed by atoms with Crippen molar-refractivity contribution in [2.45, 2.75) is 39.2 Å². The van der Waals surface area contributed by atoms with Gasteiger partial charge in [0.15, 0.2) is 0 Å². The second-order valence-corrected chi connectivity index (χ2v) is 4.88. The van der Waals surface area contributed by atoms with Crippen molar-refractivity contribution in [2.24, 2.45) is 11.7 Å². The van der Waals surface area contributed by atoms with Crippen LogP contribution in [0.5, 0.6) is 5.75 Å². The molecule has 0 saturated carbocycles. The van der Waals surface area contributed by atoms with E-state index in [1.807, 2.05) is 24.3 Å². The molecule has 0 amide bonds. The summed E-state index contributed by atoms with van der Waals surface area (Å²) in [6.45, 7) is 4.99. The Labute approximate surface area is 109 Å². The van der Waals surface area contributed by atoms with Crippen LogP contribution in [0.2, 0.25) is 5.02 Å². The van der Waals surface area contributed by atoms with Crippen LogP contribution in [0, 0.1) is 5.92 Å². The summed E-state index contributed by atoms with van der Waals surface area (Å²) in [5.41, 5.74) is 6.05. The molecule has 0 aliphatic rings. The van der Waals surface area contributed by atoms with Gasteiger partial charge in [-0.15, -0.1) is 0 Å². The number of hydrogen-bond donors (Lipinski definition) is 1. The van der Waals surface area contributed by atoms with Crippen molar-refractivity contribution in [3.63, 3.8) is 0 Å². The lowest BCUT2D eigenvalue weighted by atomic mass is 9.95. The van der Waals surface area contributed by atoms with E-state index < -0.39 is 0 Å². The zero-order valence-corrected chi connectivity index (χ0v) is 11.4. The Morgan fingerprint density at radius 2 is 1.76 bits per heavy atom. The third-order valence-corrected chi connectivity index (χ3v) is 3.32. The van der Waals surface area contributed by atoms with E-state index in [1.54, 1.807) is 0 Å². The van der Waals surface area contributed by atoms with E-state index in [0.717, 1.165) is 17.2 Å². The van der Waals surface area contributed by atoms with Crippen molar-refractivity contribution in [3.05, 3.63) is 29.3 Å². The fourth-order valence-corrected chi connectivity index (χ4v) is 1.98. The molecule has 0 aromatic heterocycles. The minimum atomic E-state index is 0.107. The Morgan fingerprint density at radius 1 is 1.18 bits per heavy atom. The molecule has 0 bridgehead atoms. The first-order valence-corrected chi connectivity index (χ1v) is 6.67. The zero-order chi connectivity index (χ0) is 12.7. The monoisotopic (exact) mass is 255 g/mol. The van der Waals surface area contributed by atoms with Crippen LogP contribution in [0.1, 0.15) is 33.1 Å². The highest BCUT2D eigenvalue weighted by molar-refractivity contribution is 6.30. The molecule has 96 valence electrons. The van der Waals surface area contributed by atoms with Gasteiger partial charge in [0.1, 0.15) is 12.4 Å². The summed E-state index contributed by atoms with van der Waals surface area (Å²) in [5.74, 6) is 1.54. The fraction of sp³-hybridized carbons (Fsp3) is 0.571. The first-order valence-electron chi connectivity index (χ1n) is 6.29. The van der Waals surface area contributed by atoms with Gasteiger partial charge in [-0.2, -0.15) is 0 Å². The van der Waals surface area contributed by atoms with E-state index in [2.05, 4.69) is 13.8 Å². The van der Waals surface area contributed by atoms with E-state index in [0.29, 0.717) is 12.5 Å². The molecule has 2 nitrogen and oxygen atoms in total. The molecule has 1 aromatic rings. The van der Waals surface area contributed by atoms with Gasteiger partial charge in [0.05, 0.1) is 0 Å². The van der Waals surface area contributed by atoms with Gasteiger partial charge in [-0.3, -0.25) is 0 Å². The van der Waals surface area contributed by atoms with Crippen molar-refractivity contribution in [2.75, 3.05) is 6.61 Å². The third-order valence-electron chi connectivity index (χ3n) is 3.07. The first-order chi connectivity index (χ1) is 8.15. The molecular formula is C14H22ClNO. The van der Waals surface area contributed by atoms with Gasteiger partial charge in [0.2, 0.25) is 0 Å². The summed E-state index contributed by atoms with van der Waals surface area (Å²) in [7, 11) is 0. The van der Waals surface area contributed by atoms with Crippen LogP contribution in [0.4, 0.5) is 0 Å². The fourth-order valence-electron chi connectivity index (χ4n) is 1.85. The van der Waals surface area contributed by atoms with Crippen LogP contribution in [-0.2, 0) is 0 Å². The smallest absolute Gasteiger partial charge is 0.119 e. The number of rotatable bonds is 7. The maximum absolute atomic E-state index is 6.05. The van der Waals surface area contributed by atoms with Gasteiger partial charge in [-0.1, -0.05) is 38.3 Å². The van der Waals surface area contributed by atoms with Crippen LogP contribution in [0.3, 0.4) is 0 Å². The zero-order valence-electron chi connectivity index (χ0n) is 10.7. The summed E-state index contributed by atoms with van der Waals surface area (Å²) >= 11 is 5.80. The first kappa shape index (κ1) is 14.3. The average molecular weight is 256 g/mol. The molecule has 0 radical (unpaired) electrons. The van der Waals surface area contributed by atoms with Crippen LogP contribution < -0.4 is 10.5 Å². The summed E-state index contributed by atoms with van der Waals surface area (Å²) in [5, 5.41) is 0.721. The van der Waals surface area contributed by atoms with Crippen molar-refractivity contribution in [3.8, 4) is 5.75 Å². The number of hydrogen-bond acceptors (Lipinski definition) is 2. The van der Waals surface area contributed by atoms with Crippen molar-refractivity contribution >= 4 is 11.6 Å². The summed E-state index contributed by atoms with van der Waals surface area (Å²) < 4.78 is 5.63. The number of nitrogens with two attached hydrogens (primary N) is 1. The molecule has 1 rings (SSSR count). The molecule has 3 heteroatoms. The lowest BCUT2D eigenvalue weighted by Gasteiger charge is -2.18. The highest BCUT2D eigenvalue weighted by Gasteiger charge is 2.10. The van der Waals surface area contributed by atoms with Gasteiger partial charge < -0.3 is 10.5 Å². The molecule has 2 N–H and O–H groups in total. The van der Waals surface area contributed by atoms with Crippen molar-refractivity contribution in [1.82, 2.24) is 0 Å². The molecule has 0 aliphatic carbocycles. The maximum Gasteiger partial charge on any atom is 0.119 e. The summed E-state index contributed by atoms with van der Waals surface area (Å²) in [6.07, 6.45) is 3.40. The van der Waals surface area contributed by atoms with E-state index in [4.69, 9.17) is 22.1 Å². The van der Waals surface area contributed by atoms with Gasteiger partial charge in [-0.05, 0) is 36.6 Å². The largest absolute Gasteiger partial charge is 0.492 e. The normalized spacial score (nSPS) is 12.8. The second-order valence-electron chi connectivity index (χ2n) is 4.44. The third kappa shape index (κ3) is 5.42. The van der Waals surface area contributed by atoms with Gasteiger partial charge in [0.25, 0.3) is 0 Å². The quantitative estimate of drug-likeness (QED) is 0.803. The molecule has 0 heterocycles. The van der Waals surface area contributed by atoms with E-state index in [9.17, 15) is 0 Å².